The average Bonchev–Trinajstić information content (AvgIpc) is 3.15. The summed E-state index contributed by atoms with van der Waals surface area (Å²) in [5.41, 5.74) is 4.19. The lowest BCUT2D eigenvalue weighted by atomic mass is 10.0. The molecule has 0 bridgehead atoms. The average molecular weight is 417 g/mol. The maximum absolute atomic E-state index is 12.5. The van der Waals surface area contributed by atoms with Crippen molar-refractivity contribution in [1.29, 1.82) is 0 Å². The minimum atomic E-state index is -0.209. The topological polar surface area (TPSA) is 65.4 Å². The molecule has 0 saturated carbocycles. The first kappa shape index (κ1) is 20.0. The van der Waals surface area contributed by atoms with E-state index in [2.05, 4.69) is 52.9 Å². The van der Waals surface area contributed by atoms with Crippen LogP contribution < -0.4 is 5.56 Å². The van der Waals surface area contributed by atoms with Crippen molar-refractivity contribution in [3.8, 4) is 0 Å². The molecule has 0 atom stereocenters. The standard InChI is InChI=1S/C25H28N4O2/c1-17(2)19-9-7-18(8-10-19)15-28-11-13-29(14-12-28)16-22-26-23-20-5-3-4-6-21(20)31-24(23)25(30)27-22/h3-10,17H,11-16H2,1-2H3,(H,26,27,30). The highest BCUT2D eigenvalue weighted by Crippen LogP contribution is 2.24. The number of fused-ring (bicyclic) bond motifs is 3. The van der Waals surface area contributed by atoms with E-state index < -0.39 is 0 Å². The Morgan fingerprint density at radius 3 is 2.35 bits per heavy atom. The third kappa shape index (κ3) is 4.13. The molecule has 1 aliphatic rings. The molecule has 0 spiro atoms. The molecule has 160 valence electrons. The lowest BCUT2D eigenvalue weighted by Crippen LogP contribution is -2.45. The molecule has 4 aromatic rings. The normalized spacial score (nSPS) is 16.0. The molecule has 2 aromatic carbocycles. The van der Waals surface area contributed by atoms with Crippen LogP contribution in [0.1, 0.15) is 36.7 Å². The Morgan fingerprint density at radius 1 is 0.968 bits per heavy atom. The third-order valence-corrected chi connectivity index (χ3v) is 6.17. The van der Waals surface area contributed by atoms with Crippen LogP contribution in [0.5, 0.6) is 0 Å². The highest BCUT2D eigenvalue weighted by molar-refractivity contribution is 6.01. The van der Waals surface area contributed by atoms with Crippen molar-refractivity contribution >= 4 is 22.1 Å². The highest BCUT2D eigenvalue weighted by Gasteiger charge is 2.19. The second-order valence-corrected chi connectivity index (χ2v) is 8.74. The van der Waals surface area contributed by atoms with Crippen LogP contribution in [0.4, 0.5) is 0 Å². The van der Waals surface area contributed by atoms with Gasteiger partial charge in [-0.25, -0.2) is 4.98 Å². The van der Waals surface area contributed by atoms with Gasteiger partial charge >= 0.3 is 0 Å². The summed E-state index contributed by atoms with van der Waals surface area (Å²) in [5, 5.41) is 0.887. The van der Waals surface area contributed by atoms with Crippen LogP contribution in [0.25, 0.3) is 22.1 Å². The van der Waals surface area contributed by atoms with Gasteiger partial charge in [0, 0.05) is 38.1 Å². The lowest BCUT2D eigenvalue weighted by Gasteiger charge is -2.34. The van der Waals surface area contributed by atoms with Gasteiger partial charge in [0.15, 0.2) is 0 Å². The first-order chi connectivity index (χ1) is 15.1. The summed E-state index contributed by atoms with van der Waals surface area (Å²) >= 11 is 0. The van der Waals surface area contributed by atoms with E-state index in [4.69, 9.17) is 9.40 Å². The van der Waals surface area contributed by atoms with Crippen LogP contribution in [0.15, 0.2) is 57.7 Å². The molecular weight excluding hydrogens is 388 g/mol. The molecular formula is C25H28N4O2. The molecule has 1 aliphatic heterocycles. The van der Waals surface area contributed by atoms with E-state index in [0.29, 0.717) is 35.0 Å². The summed E-state index contributed by atoms with van der Waals surface area (Å²) in [6.45, 7) is 10.00. The Balaban J connectivity index is 1.24. The van der Waals surface area contributed by atoms with E-state index >= 15 is 0 Å². The molecule has 31 heavy (non-hydrogen) atoms. The second kappa shape index (κ2) is 8.29. The van der Waals surface area contributed by atoms with E-state index in [1.807, 2.05) is 24.3 Å². The van der Waals surface area contributed by atoms with Crippen molar-refractivity contribution in [3.05, 3.63) is 75.8 Å². The van der Waals surface area contributed by atoms with Gasteiger partial charge in [-0.1, -0.05) is 50.2 Å². The van der Waals surface area contributed by atoms with Crippen LogP contribution in [0, 0.1) is 0 Å². The number of para-hydroxylation sites is 1. The zero-order valence-corrected chi connectivity index (χ0v) is 18.1. The largest absolute Gasteiger partial charge is 0.449 e. The van der Waals surface area contributed by atoms with E-state index in [-0.39, 0.29) is 5.56 Å². The van der Waals surface area contributed by atoms with Gasteiger partial charge in [0.2, 0.25) is 5.58 Å². The van der Waals surface area contributed by atoms with E-state index in [9.17, 15) is 4.79 Å². The van der Waals surface area contributed by atoms with Crippen molar-refractivity contribution in [2.45, 2.75) is 32.9 Å². The monoisotopic (exact) mass is 416 g/mol. The Morgan fingerprint density at radius 2 is 1.65 bits per heavy atom. The van der Waals surface area contributed by atoms with Gasteiger partial charge in [0.1, 0.15) is 16.9 Å². The summed E-state index contributed by atoms with van der Waals surface area (Å²) in [4.78, 5) is 25.0. The summed E-state index contributed by atoms with van der Waals surface area (Å²) in [7, 11) is 0. The van der Waals surface area contributed by atoms with Crippen LogP contribution in [-0.2, 0) is 13.1 Å². The number of hydrogen-bond acceptors (Lipinski definition) is 5. The van der Waals surface area contributed by atoms with Crippen LogP contribution >= 0.6 is 0 Å². The predicted molar refractivity (Wildman–Crippen MR) is 123 cm³/mol. The van der Waals surface area contributed by atoms with E-state index in [1.54, 1.807) is 0 Å². The second-order valence-electron chi connectivity index (χ2n) is 8.74. The number of nitrogens with zero attached hydrogens (tertiary/aromatic N) is 3. The molecule has 0 amide bonds. The molecule has 0 unspecified atom stereocenters. The Hall–Kier alpha value is -2.96. The van der Waals surface area contributed by atoms with E-state index in [1.165, 1.54) is 11.1 Å². The summed E-state index contributed by atoms with van der Waals surface area (Å²) < 4.78 is 5.69. The van der Waals surface area contributed by atoms with Gasteiger partial charge in [-0.15, -0.1) is 0 Å². The lowest BCUT2D eigenvalue weighted by molar-refractivity contribution is 0.120. The van der Waals surface area contributed by atoms with Gasteiger partial charge < -0.3 is 9.40 Å². The van der Waals surface area contributed by atoms with Gasteiger partial charge in [0.05, 0.1) is 6.54 Å². The summed E-state index contributed by atoms with van der Waals surface area (Å²) in [6, 6.07) is 16.6. The quantitative estimate of drug-likeness (QED) is 0.530. The molecule has 6 heteroatoms. The van der Waals surface area contributed by atoms with Gasteiger partial charge in [-0.3, -0.25) is 14.6 Å². The van der Waals surface area contributed by atoms with Crippen molar-refractivity contribution < 1.29 is 4.42 Å². The van der Waals surface area contributed by atoms with E-state index in [0.717, 1.165) is 38.1 Å². The molecule has 1 saturated heterocycles. The smallest absolute Gasteiger partial charge is 0.294 e. The zero-order chi connectivity index (χ0) is 21.4. The fraction of sp³-hybridized carbons (Fsp3) is 0.360. The molecule has 2 aromatic heterocycles. The number of nitrogens with one attached hydrogen (secondary N) is 1. The van der Waals surface area contributed by atoms with Gasteiger partial charge in [0.25, 0.3) is 5.56 Å². The number of H-pyrrole nitrogens is 1. The first-order valence-electron chi connectivity index (χ1n) is 11.0. The fourth-order valence-corrected chi connectivity index (χ4v) is 4.31. The Bertz CT molecular complexity index is 1250. The van der Waals surface area contributed by atoms with Gasteiger partial charge in [-0.05, 0) is 29.2 Å². The van der Waals surface area contributed by atoms with Gasteiger partial charge in [-0.2, -0.15) is 0 Å². The number of piperazine rings is 1. The summed E-state index contributed by atoms with van der Waals surface area (Å²) in [5.74, 6) is 1.26. The number of aromatic nitrogens is 2. The molecule has 3 heterocycles. The number of rotatable bonds is 5. The summed E-state index contributed by atoms with van der Waals surface area (Å²) in [6.07, 6.45) is 0. The number of benzene rings is 2. The zero-order valence-electron chi connectivity index (χ0n) is 18.1. The third-order valence-electron chi connectivity index (χ3n) is 6.17. The maximum atomic E-state index is 12.5. The Kier molecular flexibility index (Phi) is 5.34. The van der Waals surface area contributed by atoms with Crippen molar-refractivity contribution in [2.24, 2.45) is 0 Å². The minimum absolute atomic E-state index is 0.209. The SMILES string of the molecule is CC(C)c1ccc(CN2CCN(Cc3nc4c(oc5ccccc54)c(=O)[nH]3)CC2)cc1. The minimum Gasteiger partial charge on any atom is -0.449 e. The molecule has 5 rings (SSSR count). The van der Waals surface area contributed by atoms with Crippen LogP contribution in [-0.4, -0.2) is 45.9 Å². The van der Waals surface area contributed by atoms with Crippen molar-refractivity contribution in [2.75, 3.05) is 26.2 Å². The molecule has 0 radical (unpaired) electrons. The predicted octanol–water partition coefficient (Wildman–Crippen LogP) is 4.11. The molecule has 6 nitrogen and oxygen atoms in total. The highest BCUT2D eigenvalue weighted by atomic mass is 16.3. The Labute approximate surface area is 181 Å². The molecule has 0 aliphatic carbocycles. The molecule has 1 N–H and O–H groups in total. The molecule has 1 fully saturated rings. The number of furan rings is 1. The number of hydrogen-bond donors (Lipinski definition) is 1. The van der Waals surface area contributed by atoms with Crippen LogP contribution in [0.2, 0.25) is 0 Å². The van der Waals surface area contributed by atoms with Crippen molar-refractivity contribution in [1.82, 2.24) is 19.8 Å². The maximum Gasteiger partial charge on any atom is 0.294 e. The number of aromatic amines is 1. The van der Waals surface area contributed by atoms with Crippen LogP contribution in [0.3, 0.4) is 0 Å². The first-order valence-corrected chi connectivity index (χ1v) is 11.0. The van der Waals surface area contributed by atoms with Crippen molar-refractivity contribution in [3.63, 3.8) is 0 Å². The fourth-order valence-electron chi connectivity index (χ4n) is 4.31.